The van der Waals surface area contributed by atoms with Crippen LogP contribution in [0.5, 0.6) is 0 Å². The summed E-state index contributed by atoms with van der Waals surface area (Å²) in [5.41, 5.74) is 4.13. The Labute approximate surface area is 243 Å². The van der Waals surface area contributed by atoms with Crippen molar-refractivity contribution in [1.29, 1.82) is 0 Å². The van der Waals surface area contributed by atoms with Crippen molar-refractivity contribution >= 4 is 40.2 Å². The Balaban J connectivity index is 1.28. The lowest BCUT2D eigenvalue weighted by molar-refractivity contribution is -0.122. The van der Waals surface area contributed by atoms with Crippen LogP contribution in [0.2, 0.25) is 0 Å². The molecule has 1 aliphatic carbocycles. The molecule has 4 aromatic rings. The number of rotatable bonds is 6. The zero-order valence-corrected chi connectivity index (χ0v) is 23.6. The predicted octanol–water partition coefficient (Wildman–Crippen LogP) is 6.34. The third kappa shape index (κ3) is 4.81. The molecule has 3 aromatic carbocycles. The summed E-state index contributed by atoms with van der Waals surface area (Å²) < 4.78 is 5.64. The van der Waals surface area contributed by atoms with Crippen LogP contribution >= 0.6 is 0 Å². The van der Waals surface area contributed by atoms with Crippen molar-refractivity contribution in [2.75, 3.05) is 4.90 Å². The summed E-state index contributed by atoms with van der Waals surface area (Å²) in [4.78, 5) is 58.7. The molecule has 0 bridgehead atoms. The van der Waals surface area contributed by atoms with E-state index in [0.29, 0.717) is 45.4 Å². The average molecular weight is 559 g/mol. The van der Waals surface area contributed by atoms with E-state index in [4.69, 9.17) is 9.72 Å². The van der Waals surface area contributed by atoms with Crippen molar-refractivity contribution in [3.05, 3.63) is 108 Å². The number of aryl methyl sites for hydroxylation is 1. The smallest absolute Gasteiger partial charge is 0.339 e. The molecule has 2 amide bonds. The lowest BCUT2D eigenvalue weighted by Gasteiger charge is -2.22. The van der Waals surface area contributed by atoms with Gasteiger partial charge in [-0.25, -0.2) is 9.78 Å². The normalized spacial score (nSPS) is 20.5. The molecule has 4 unspecified atom stereocenters. The van der Waals surface area contributed by atoms with Gasteiger partial charge in [0.05, 0.1) is 34.3 Å². The van der Waals surface area contributed by atoms with Crippen molar-refractivity contribution in [2.45, 2.75) is 33.3 Å². The standard InChI is InChI=1S/C35H30N2O5/c1-20-11-13-24(14-12-20)32(38)22(3)42-35(41)28-19-30(36-29-10-5-4-8-26(28)29)23-15-17-25(18-16-23)37-33(39)27-9-6-7-21(2)31(27)34(37)40/h4-8,10-19,21-22,27,31H,9H2,1-3H3. The summed E-state index contributed by atoms with van der Waals surface area (Å²) in [5.74, 6) is -1.90. The molecule has 42 heavy (non-hydrogen) atoms. The van der Waals surface area contributed by atoms with E-state index in [1.54, 1.807) is 55.5 Å². The summed E-state index contributed by atoms with van der Waals surface area (Å²) in [5, 5.41) is 0.608. The first-order valence-electron chi connectivity index (χ1n) is 14.1. The van der Waals surface area contributed by atoms with E-state index in [0.717, 1.165) is 5.56 Å². The molecule has 0 saturated carbocycles. The first kappa shape index (κ1) is 27.3. The second kappa shape index (κ2) is 10.8. The number of esters is 1. The molecule has 4 atom stereocenters. The maximum Gasteiger partial charge on any atom is 0.339 e. The van der Waals surface area contributed by atoms with E-state index in [1.807, 2.05) is 56.3 Å². The minimum Gasteiger partial charge on any atom is -0.451 e. The highest BCUT2D eigenvalue weighted by Gasteiger charge is 2.50. The minimum absolute atomic E-state index is 0.0133. The van der Waals surface area contributed by atoms with Gasteiger partial charge >= 0.3 is 5.97 Å². The van der Waals surface area contributed by atoms with E-state index in [9.17, 15) is 19.2 Å². The van der Waals surface area contributed by atoms with Gasteiger partial charge in [-0.05, 0) is 50.5 Å². The van der Waals surface area contributed by atoms with Crippen LogP contribution in [0.25, 0.3) is 22.2 Å². The lowest BCUT2D eigenvalue weighted by atomic mass is 9.78. The number of hydrogen-bond acceptors (Lipinski definition) is 6. The van der Waals surface area contributed by atoms with E-state index in [2.05, 4.69) is 0 Å². The SMILES string of the molecule is Cc1ccc(C(=O)C(C)OC(=O)c2cc(-c3ccc(N4C(=O)C5CC=CC(C)C5C4=O)cc3)nc3ccccc23)cc1. The van der Waals surface area contributed by atoms with Crippen molar-refractivity contribution in [1.82, 2.24) is 4.98 Å². The van der Waals surface area contributed by atoms with Gasteiger partial charge < -0.3 is 4.74 Å². The first-order chi connectivity index (χ1) is 20.2. The number of para-hydroxylation sites is 1. The van der Waals surface area contributed by atoms with Crippen molar-refractivity contribution < 1.29 is 23.9 Å². The monoisotopic (exact) mass is 558 g/mol. The number of ether oxygens (including phenoxy) is 1. The number of nitrogens with zero attached hydrogens (tertiary/aromatic N) is 2. The number of ketones is 1. The number of anilines is 1. The Kier molecular flexibility index (Phi) is 7.02. The fourth-order valence-electron chi connectivity index (χ4n) is 5.91. The topological polar surface area (TPSA) is 93.6 Å². The zero-order chi connectivity index (χ0) is 29.5. The van der Waals surface area contributed by atoms with Gasteiger partial charge in [0, 0.05) is 16.5 Å². The Morgan fingerprint density at radius 1 is 0.952 bits per heavy atom. The molecule has 1 aliphatic heterocycles. The molecule has 7 heteroatoms. The highest BCUT2D eigenvalue weighted by Crippen LogP contribution is 2.40. The number of aromatic nitrogens is 1. The molecule has 0 N–H and O–H groups in total. The number of allylic oxidation sites excluding steroid dienone is 2. The number of carbonyl (C=O) groups excluding carboxylic acids is 4. The van der Waals surface area contributed by atoms with Gasteiger partial charge in [0.25, 0.3) is 0 Å². The van der Waals surface area contributed by atoms with Crippen LogP contribution in [0.15, 0.2) is 91.0 Å². The van der Waals surface area contributed by atoms with Crippen LogP contribution in [-0.2, 0) is 14.3 Å². The van der Waals surface area contributed by atoms with E-state index in [1.165, 1.54) is 4.90 Å². The molecule has 0 radical (unpaired) electrons. The second-order valence-electron chi connectivity index (χ2n) is 11.1. The van der Waals surface area contributed by atoms with Crippen LogP contribution in [0, 0.1) is 24.7 Å². The molecule has 0 spiro atoms. The lowest BCUT2D eigenvalue weighted by Crippen LogP contribution is -2.31. The van der Waals surface area contributed by atoms with Crippen molar-refractivity contribution in [2.24, 2.45) is 17.8 Å². The highest BCUT2D eigenvalue weighted by molar-refractivity contribution is 6.22. The maximum atomic E-state index is 13.4. The molecular weight excluding hydrogens is 528 g/mol. The Hall–Kier alpha value is -4.91. The molecule has 210 valence electrons. The molecular formula is C35H30N2O5. The second-order valence-corrected chi connectivity index (χ2v) is 11.1. The predicted molar refractivity (Wildman–Crippen MR) is 160 cm³/mol. The van der Waals surface area contributed by atoms with Gasteiger partial charge in [-0.2, -0.15) is 0 Å². The number of fused-ring (bicyclic) bond motifs is 2. The molecule has 2 heterocycles. The number of Topliss-reactive ketones (excluding diaryl/α,β-unsaturated/α-hetero) is 1. The van der Waals surface area contributed by atoms with Gasteiger partial charge in [0.2, 0.25) is 17.6 Å². The number of amides is 2. The minimum atomic E-state index is -0.980. The van der Waals surface area contributed by atoms with Crippen molar-refractivity contribution in [3.63, 3.8) is 0 Å². The van der Waals surface area contributed by atoms with Gasteiger partial charge in [0.15, 0.2) is 6.10 Å². The quantitative estimate of drug-likeness (QED) is 0.119. The van der Waals surface area contributed by atoms with Crippen LogP contribution in [0.3, 0.4) is 0 Å². The molecule has 1 aromatic heterocycles. The molecule has 6 rings (SSSR count). The largest absolute Gasteiger partial charge is 0.451 e. The number of carbonyl (C=O) groups is 4. The Morgan fingerprint density at radius 2 is 1.67 bits per heavy atom. The number of pyridine rings is 1. The van der Waals surface area contributed by atoms with Gasteiger partial charge in [0.1, 0.15) is 0 Å². The summed E-state index contributed by atoms with van der Waals surface area (Å²) in [6.45, 7) is 5.47. The molecule has 7 nitrogen and oxygen atoms in total. The van der Waals surface area contributed by atoms with Gasteiger partial charge in [-0.15, -0.1) is 0 Å². The van der Waals surface area contributed by atoms with Crippen LogP contribution < -0.4 is 4.90 Å². The number of benzene rings is 3. The van der Waals surface area contributed by atoms with E-state index >= 15 is 0 Å². The summed E-state index contributed by atoms with van der Waals surface area (Å²) in [7, 11) is 0. The third-order valence-electron chi connectivity index (χ3n) is 8.22. The highest BCUT2D eigenvalue weighted by atomic mass is 16.5. The molecule has 1 saturated heterocycles. The average Bonchev–Trinajstić information content (AvgIpc) is 3.26. The fourth-order valence-corrected chi connectivity index (χ4v) is 5.91. The molecule has 2 aliphatic rings. The summed E-state index contributed by atoms with van der Waals surface area (Å²) in [6.07, 6.45) is 3.58. The summed E-state index contributed by atoms with van der Waals surface area (Å²) >= 11 is 0. The fraction of sp³-hybridized carbons (Fsp3) is 0.229. The van der Waals surface area contributed by atoms with E-state index < -0.39 is 12.1 Å². The van der Waals surface area contributed by atoms with Gasteiger partial charge in [-0.3, -0.25) is 19.3 Å². The van der Waals surface area contributed by atoms with Crippen LogP contribution in [0.1, 0.15) is 46.5 Å². The zero-order valence-electron chi connectivity index (χ0n) is 23.6. The van der Waals surface area contributed by atoms with Crippen LogP contribution in [-0.4, -0.2) is 34.7 Å². The van der Waals surface area contributed by atoms with E-state index in [-0.39, 0.29) is 35.4 Å². The first-order valence-corrected chi connectivity index (χ1v) is 14.1. The van der Waals surface area contributed by atoms with Gasteiger partial charge in [-0.1, -0.05) is 79.2 Å². The molecule has 1 fully saturated rings. The Bertz CT molecular complexity index is 1760. The maximum absolute atomic E-state index is 13.4. The Morgan fingerprint density at radius 3 is 2.38 bits per heavy atom. The number of imide groups is 1. The summed E-state index contributed by atoms with van der Waals surface area (Å²) in [6, 6.07) is 23.1. The number of hydrogen-bond donors (Lipinski definition) is 0. The third-order valence-corrected chi connectivity index (χ3v) is 8.22. The van der Waals surface area contributed by atoms with Crippen LogP contribution in [0.4, 0.5) is 5.69 Å². The van der Waals surface area contributed by atoms with Crippen molar-refractivity contribution in [3.8, 4) is 11.3 Å².